The summed E-state index contributed by atoms with van der Waals surface area (Å²) in [6.45, 7) is 6.87. The Hall–Kier alpha value is -5.85. The van der Waals surface area contributed by atoms with E-state index in [9.17, 15) is 66.7 Å². The molecule has 8 rings (SSSR count). The van der Waals surface area contributed by atoms with Crippen molar-refractivity contribution in [1.29, 1.82) is 0 Å². The molecule has 6 aromatic rings. The van der Waals surface area contributed by atoms with Crippen molar-refractivity contribution in [3.05, 3.63) is 104 Å². The number of pyridine rings is 1. The van der Waals surface area contributed by atoms with Gasteiger partial charge < -0.3 is 19.1 Å². The smallest absolute Gasteiger partial charge is 0.416 e. The Labute approximate surface area is 398 Å². The number of benzene rings is 2. The first-order chi connectivity index (χ1) is 32.5. The number of piperidine rings is 2. The Morgan fingerprint density at radius 2 is 1.17 bits per heavy atom. The molecule has 0 unspecified atom stereocenters. The normalized spacial score (nSPS) is 15.8. The van der Waals surface area contributed by atoms with Crippen LogP contribution in [0.5, 0.6) is 0 Å². The van der Waals surface area contributed by atoms with E-state index in [2.05, 4.69) is 19.9 Å². The van der Waals surface area contributed by atoms with E-state index in [1.165, 1.54) is 23.0 Å². The number of hydrogen-bond acceptors (Lipinski definition) is 9. The Kier molecular flexibility index (Phi) is 14.7. The number of likely N-dealkylation sites (tertiary alicyclic amines) is 2. The summed E-state index contributed by atoms with van der Waals surface area (Å²) in [5.74, 6) is -0.501. The summed E-state index contributed by atoms with van der Waals surface area (Å²) in [5, 5.41) is 1.38. The highest BCUT2D eigenvalue weighted by Gasteiger charge is 2.40. The lowest BCUT2D eigenvalue weighted by molar-refractivity contribution is -0.144. The van der Waals surface area contributed by atoms with Crippen molar-refractivity contribution in [2.45, 2.75) is 95.1 Å². The van der Waals surface area contributed by atoms with Gasteiger partial charge in [-0.25, -0.2) is 24.7 Å². The van der Waals surface area contributed by atoms with Gasteiger partial charge in [-0.05, 0) is 95.0 Å². The molecule has 10 nitrogen and oxygen atoms in total. The molecule has 0 aliphatic carbocycles. The molecular formula is C45H40F13N7O3S2. The Bertz CT molecular complexity index is 2770. The maximum absolute atomic E-state index is 14.8. The number of ether oxygens (including phenoxy) is 1. The van der Waals surface area contributed by atoms with E-state index in [4.69, 9.17) is 4.74 Å². The first-order valence-electron chi connectivity index (χ1n) is 21.3. The lowest BCUT2D eigenvalue weighted by Crippen LogP contribution is -2.41. The number of carbonyl (C=O) groups is 2. The summed E-state index contributed by atoms with van der Waals surface area (Å²) >= 11 is 1.78. The zero-order chi connectivity index (χ0) is 51.1. The Morgan fingerprint density at radius 3 is 1.69 bits per heavy atom. The average Bonchev–Trinajstić information content (AvgIpc) is 4.04. The second-order valence-electron chi connectivity index (χ2n) is 17.4. The van der Waals surface area contributed by atoms with E-state index in [1.807, 2.05) is 0 Å². The van der Waals surface area contributed by atoms with Crippen molar-refractivity contribution >= 4 is 45.8 Å². The number of imidazole rings is 1. The van der Waals surface area contributed by atoms with Crippen LogP contribution in [-0.4, -0.2) is 78.1 Å². The molecule has 0 saturated carbocycles. The zero-order valence-electron chi connectivity index (χ0n) is 37.0. The second kappa shape index (κ2) is 19.7. The molecule has 0 spiro atoms. The van der Waals surface area contributed by atoms with E-state index in [-0.39, 0.29) is 52.7 Å². The highest BCUT2D eigenvalue weighted by Crippen LogP contribution is 2.43. The van der Waals surface area contributed by atoms with Crippen LogP contribution in [-0.2, 0) is 40.8 Å². The molecule has 2 fully saturated rings. The summed E-state index contributed by atoms with van der Waals surface area (Å²) in [5.41, 5.74) is -6.53. The third-order valence-corrected chi connectivity index (χ3v) is 13.3. The van der Waals surface area contributed by atoms with Gasteiger partial charge in [-0.3, -0.25) is 4.79 Å². The molecule has 0 bridgehead atoms. The number of rotatable bonds is 6. The number of alkyl halides is 12. The van der Waals surface area contributed by atoms with Crippen LogP contribution in [0.15, 0.2) is 66.4 Å². The number of aromatic nitrogens is 5. The van der Waals surface area contributed by atoms with Crippen molar-refractivity contribution in [1.82, 2.24) is 34.3 Å². The third kappa shape index (κ3) is 12.5. The van der Waals surface area contributed by atoms with Gasteiger partial charge in [-0.15, -0.1) is 11.3 Å². The first kappa shape index (κ1) is 52.0. The highest BCUT2D eigenvalue weighted by molar-refractivity contribution is 7.10. The van der Waals surface area contributed by atoms with E-state index in [0.29, 0.717) is 104 Å². The van der Waals surface area contributed by atoms with Crippen molar-refractivity contribution in [3.8, 4) is 22.5 Å². The van der Waals surface area contributed by atoms with Gasteiger partial charge in [0.05, 0.1) is 44.3 Å². The van der Waals surface area contributed by atoms with Crippen LogP contribution in [0.25, 0.3) is 33.7 Å². The van der Waals surface area contributed by atoms with E-state index >= 15 is 0 Å². The SMILES string of the molecule is CC(C)(C)OC(=O)N1CCC(c2nc(-c3cc(C(F)(F)F)cc(C(F)(F)F)c3)cs2)CC1.O=C(Cn1cnc2cccnc21)N1CCC(c2nc(-c3cc(C(F)(F)F)cc(C(F)(F)F)c3)c(F)s2)CC1. The molecule has 2 aliphatic heterocycles. The summed E-state index contributed by atoms with van der Waals surface area (Å²) in [7, 11) is 0. The van der Waals surface area contributed by atoms with Gasteiger partial charge in [0, 0.05) is 60.7 Å². The van der Waals surface area contributed by atoms with Gasteiger partial charge >= 0.3 is 30.8 Å². The molecule has 0 atom stereocenters. The van der Waals surface area contributed by atoms with Crippen LogP contribution >= 0.6 is 22.7 Å². The Morgan fingerprint density at radius 1 is 0.671 bits per heavy atom. The maximum atomic E-state index is 14.8. The predicted molar refractivity (Wildman–Crippen MR) is 231 cm³/mol. The monoisotopic (exact) mass is 1040 g/mol. The number of thiazole rings is 2. The molecule has 4 aromatic heterocycles. The molecule has 6 heterocycles. The van der Waals surface area contributed by atoms with Crippen LogP contribution in [0.2, 0.25) is 0 Å². The topological polar surface area (TPSA) is 106 Å². The quantitative estimate of drug-likeness (QED) is 0.153. The van der Waals surface area contributed by atoms with Crippen molar-refractivity contribution in [3.63, 3.8) is 0 Å². The molecule has 2 aromatic carbocycles. The Balaban J connectivity index is 0.000000210. The summed E-state index contributed by atoms with van der Waals surface area (Å²) in [4.78, 5) is 45.1. The fraction of sp³-hybridized carbons (Fsp3) is 0.422. The molecule has 70 heavy (non-hydrogen) atoms. The number of hydrogen-bond donors (Lipinski definition) is 0. The van der Waals surface area contributed by atoms with Gasteiger partial charge in [0.25, 0.3) is 0 Å². The van der Waals surface area contributed by atoms with Crippen LogP contribution < -0.4 is 0 Å². The molecule has 2 saturated heterocycles. The van der Waals surface area contributed by atoms with Crippen molar-refractivity contribution in [2.24, 2.45) is 0 Å². The van der Waals surface area contributed by atoms with Crippen molar-refractivity contribution < 1.29 is 71.4 Å². The van der Waals surface area contributed by atoms with Gasteiger partial charge in [0.15, 0.2) is 5.65 Å². The van der Waals surface area contributed by atoms with Gasteiger partial charge in [-0.1, -0.05) is 11.3 Å². The standard InChI is InChI=1S/C24H18F7N5OS.C21H22F6N2O2S/c25-20-19(14-8-15(23(26,27)28)10-16(9-14)24(29,30)31)34-22(38-20)13-3-6-35(7-4-13)18(37)11-36-12-33-17-2-1-5-32-21(17)36;1-19(2,3)31-18(30)29-6-4-12(5-7-29)17-28-16(11-32-17)13-8-14(20(22,23)24)10-15(9-13)21(25,26)27/h1-2,5,8-10,12-13H,3-4,6-7,11H2;8-12H,4-7H2,1-3H3. The predicted octanol–water partition coefficient (Wildman–Crippen LogP) is 13.1. The minimum atomic E-state index is -5.05. The number of nitrogens with zero attached hydrogens (tertiary/aromatic N) is 7. The number of carbonyl (C=O) groups excluding carboxylic acids is 2. The molecule has 0 radical (unpaired) electrons. The first-order valence-corrected chi connectivity index (χ1v) is 23.0. The van der Waals surface area contributed by atoms with Gasteiger partial charge in [0.1, 0.15) is 23.4 Å². The molecular weight excluding hydrogens is 998 g/mol. The minimum absolute atomic E-state index is 0.00984. The lowest BCUT2D eigenvalue weighted by Gasteiger charge is -2.32. The summed E-state index contributed by atoms with van der Waals surface area (Å²) in [6, 6.07) is 5.90. The number of fused-ring (bicyclic) bond motifs is 1. The molecule has 2 amide bonds. The minimum Gasteiger partial charge on any atom is -0.444 e. The average molecular weight is 1040 g/mol. The van der Waals surface area contributed by atoms with Crippen LogP contribution in [0.3, 0.4) is 0 Å². The molecule has 0 N–H and O–H groups in total. The number of amides is 2. The molecule has 376 valence electrons. The van der Waals surface area contributed by atoms with E-state index in [0.717, 1.165) is 0 Å². The molecule has 25 heteroatoms. The van der Waals surface area contributed by atoms with Gasteiger partial charge in [0.2, 0.25) is 11.0 Å². The van der Waals surface area contributed by atoms with Gasteiger partial charge in [-0.2, -0.15) is 57.1 Å². The largest absolute Gasteiger partial charge is 0.444 e. The van der Waals surface area contributed by atoms with Crippen molar-refractivity contribution in [2.75, 3.05) is 26.2 Å². The third-order valence-electron chi connectivity index (χ3n) is 11.2. The second-order valence-corrected chi connectivity index (χ2v) is 19.3. The zero-order valence-corrected chi connectivity index (χ0v) is 38.6. The van der Waals surface area contributed by atoms with E-state index in [1.54, 1.807) is 53.5 Å². The summed E-state index contributed by atoms with van der Waals surface area (Å²) < 4.78 is 180. The molecule has 2 aliphatic rings. The summed E-state index contributed by atoms with van der Waals surface area (Å²) in [6.07, 6.45) is -15.2. The number of halogens is 13. The lowest BCUT2D eigenvalue weighted by atomic mass is 9.97. The van der Waals surface area contributed by atoms with Crippen LogP contribution in [0, 0.1) is 5.13 Å². The van der Waals surface area contributed by atoms with Crippen LogP contribution in [0.1, 0.15) is 90.6 Å². The highest BCUT2D eigenvalue weighted by atomic mass is 32.1. The maximum Gasteiger partial charge on any atom is 0.416 e. The fourth-order valence-corrected chi connectivity index (χ4v) is 9.73. The van der Waals surface area contributed by atoms with E-state index < -0.39 is 75.0 Å². The fourth-order valence-electron chi connectivity index (χ4n) is 7.74. The van der Waals surface area contributed by atoms with Crippen LogP contribution in [0.4, 0.5) is 61.9 Å².